The van der Waals surface area contributed by atoms with Crippen LogP contribution in [0.4, 0.5) is 0 Å². The smallest absolute Gasteiger partial charge is 0.0421 e. The summed E-state index contributed by atoms with van der Waals surface area (Å²) >= 11 is 1.84. The third-order valence-corrected chi connectivity index (χ3v) is 5.16. The summed E-state index contributed by atoms with van der Waals surface area (Å²) < 4.78 is 1.40. The maximum atomic E-state index is 3.65. The van der Waals surface area contributed by atoms with Crippen LogP contribution >= 0.6 is 11.3 Å². The van der Waals surface area contributed by atoms with E-state index in [0.29, 0.717) is 0 Å². The van der Waals surface area contributed by atoms with E-state index >= 15 is 0 Å². The van der Waals surface area contributed by atoms with Crippen molar-refractivity contribution in [3.8, 4) is 11.1 Å². The molecule has 0 spiro atoms. The first kappa shape index (κ1) is 13.1. The summed E-state index contributed by atoms with van der Waals surface area (Å²) in [7, 11) is 0. The van der Waals surface area contributed by atoms with E-state index in [1.165, 1.54) is 45.2 Å². The standard InChI is InChI=1S/C19H19NS/c1-13-5-6-15(12-20-16-7-8-16)18(11-13)17-4-2-3-14-9-10-21-19(14)17/h2-6,9-11,16,20H,7-8,12H2,1H3. The molecule has 0 saturated heterocycles. The third kappa shape index (κ3) is 2.61. The van der Waals surface area contributed by atoms with Gasteiger partial charge in [-0.1, -0.05) is 42.0 Å². The van der Waals surface area contributed by atoms with Crippen LogP contribution in [0.25, 0.3) is 21.2 Å². The van der Waals surface area contributed by atoms with E-state index in [9.17, 15) is 0 Å². The van der Waals surface area contributed by atoms with Crippen LogP contribution in [-0.4, -0.2) is 6.04 Å². The number of fused-ring (bicyclic) bond motifs is 1. The molecule has 2 aromatic carbocycles. The Kier molecular flexibility index (Phi) is 3.28. The van der Waals surface area contributed by atoms with Gasteiger partial charge in [0.2, 0.25) is 0 Å². The minimum atomic E-state index is 0.747. The molecule has 1 aliphatic carbocycles. The topological polar surface area (TPSA) is 12.0 Å². The number of nitrogens with one attached hydrogen (secondary N) is 1. The molecule has 21 heavy (non-hydrogen) atoms. The third-order valence-electron chi connectivity index (χ3n) is 4.19. The molecule has 1 heterocycles. The normalized spacial score (nSPS) is 14.7. The van der Waals surface area contributed by atoms with Gasteiger partial charge in [-0.3, -0.25) is 0 Å². The van der Waals surface area contributed by atoms with Crippen molar-refractivity contribution in [2.75, 3.05) is 0 Å². The summed E-state index contributed by atoms with van der Waals surface area (Å²) in [6.45, 7) is 3.15. The van der Waals surface area contributed by atoms with Crippen LogP contribution < -0.4 is 5.32 Å². The van der Waals surface area contributed by atoms with Gasteiger partial charge >= 0.3 is 0 Å². The highest BCUT2D eigenvalue weighted by Crippen LogP contribution is 2.35. The predicted molar refractivity (Wildman–Crippen MR) is 91.9 cm³/mol. The number of hydrogen-bond acceptors (Lipinski definition) is 2. The van der Waals surface area contributed by atoms with Gasteiger partial charge in [-0.15, -0.1) is 11.3 Å². The van der Waals surface area contributed by atoms with E-state index in [1.807, 2.05) is 11.3 Å². The lowest BCUT2D eigenvalue weighted by Gasteiger charge is -2.13. The molecular weight excluding hydrogens is 274 g/mol. The van der Waals surface area contributed by atoms with E-state index in [4.69, 9.17) is 0 Å². The molecule has 1 aromatic heterocycles. The fourth-order valence-corrected chi connectivity index (χ4v) is 3.77. The fourth-order valence-electron chi connectivity index (χ4n) is 2.84. The zero-order valence-corrected chi connectivity index (χ0v) is 13.0. The van der Waals surface area contributed by atoms with Crippen molar-refractivity contribution in [3.05, 3.63) is 59.0 Å². The number of hydrogen-bond donors (Lipinski definition) is 1. The number of rotatable bonds is 4. The second-order valence-electron chi connectivity index (χ2n) is 5.96. The molecule has 1 nitrogen and oxygen atoms in total. The molecule has 0 atom stereocenters. The molecule has 0 radical (unpaired) electrons. The summed E-state index contributed by atoms with van der Waals surface area (Å²) in [5.74, 6) is 0. The minimum absolute atomic E-state index is 0.747. The Balaban J connectivity index is 1.81. The summed E-state index contributed by atoms with van der Waals surface area (Å²) in [6, 6.07) is 16.4. The Labute approximate surface area is 129 Å². The van der Waals surface area contributed by atoms with Crippen LogP contribution in [0.3, 0.4) is 0 Å². The van der Waals surface area contributed by atoms with E-state index < -0.39 is 0 Å². The van der Waals surface area contributed by atoms with Crippen molar-refractivity contribution in [2.24, 2.45) is 0 Å². The molecule has 0 bridgehead atoms. The summed E-state index contributed by atoms with van der Waals surface area (Å²) in [5, 5.41) is 7.18. The van der Waals surface area contributed by atoms with Gasteiger partial charge in [-0.25, -0.2) is 0 Å². The molecule has 1 N–H and O–H groups in total. The molecule has 2 heteroatoms. The molecule has 106 valence electrons. The van der Waals surface area contributed by atoms with Gasteiger partial charge in [0, 0.05) is 17.3 Å². The second-order valence-corrected chi connectivity index (χ2v) is 6.88. The highest BCUT2D eigenvalue weighted by molar-refractivity contribution is 7.17. The summed E-state index contributed by atoms with van der Waals surface area (Å²) in [5.41, 5.74) is 5.50. The van der Waals surface area contributed by atoms with Crippen LogP contribution in [0.2, 0.25) is 0 Å². The number of thiophene rings is 1. The molecule has 1 saturated carbocycles. The summed E-state index contributed by atoms with van der Waals surface area (Å²) in [4.78, 5) is 0. The molecule has 4 rings (SSSR count). The van der Waals surface area contributed by atoms with Gasteiger partial charge in [0.05, 0.1) is 0 Å². The number of aryl methyl sites for hydroxylation is 1. The largest absolute Gasteiger partial charge is 0.310 e. The van der Waals surface area contributed by atoms with Gasteiger partial charge < -0.3 is 5.32 Å². The lowest BCUT2D eigenvalue weighted by atomic mass is 9.96. The maximum Gasteiger partial charge on any atom is 0.0421 e. The van der Waals surface area contributed by atoms with Gasteiger partial charge in [-0.05, 0) is 53.3 Å². The minimum Gasteiger partial charge on any atom is -0.310 e. The molecule has 3 aromatic rings. The van der Waals surface area contributed by atoms with Gasteiger partial charge in [0.15, 0.2) is 0 Å². The Bertz CT molecular complexity index is 783. The first-order valence-corrected chi connectivity index (χ1v) is 8.49. The van der Waals surface area contributed by atoms with Crippen molar-refractivity contribution in [1.29, 1.82) is 0 Å². The predicted octanol–water partition coefficient (Wildman–Crippen LogP) is 5.13. The van der Waals surface area contributed by atoms with E-state index in [-0.39, 0.29) is 0 Å². The monoisotopic (exact) mass is 293 g/mol. The van der Waals surface area contributed by atoms with Gasteiger partial charge in [0.25, 0.3) is 0 Å². The number of benzene rings is 2. The Morgan fingerprint density at radius 3 is 2.86 bits per heavy atom. The zero-order chi connectivity index (χ0) is 14.2. The van der Waals surface area contributed by atoms with Crippen molar-refractivity contribution in [1.82, 2.24) is 5.32 Å². The molecule has 0 unspecified atom stereocenters. The van der Waals surface area contributed by atoms with Crippen molar-refractivity contribution in [3.63, 3.8) is 0 Å². The van der Waals surface area contributed by atoms with Crippen LogP contribution in [0.1, 0.15) is 24.0 Å². The van der Waals surface area contributed by atoms with Crippen molar-refractivity contribution >= 4 is 21.4 Å². The molecular formula is C19H19NS. The lowest BCUT2D eigenvalue weighted by Crippen LogP contribution is -2.15. The Morgan fingerprint density at radius 2 is 2.00 bits per heavy atom. The average Bonchev–Trinajstić information content (AvgIpc) is 3.20. The van der Waals surface area contributed by atoms with E-state index in [2.05, 4.69) is 60.1 Å². The second kappa shape index (κ2) is 5.28. The first-order chi connectivity index (χ1) is 10.3. The van der Waals surface area contributed by atoms with E-state index in [1.54, 1.807) is 0 Å². The SMILES string of the molecule is Cc1ccc(CNC2CC2)c(-c2cccc3ccsc23)c1. The highest BCUT2D eigenvalue weighted by atomic mass is 32.1. The van der Waals surface area contributed by atoms with Crippen LogP contribution in [0.15, 0.2) is 47.8 Å². The van der Waals surface area contributed by atoms with Gasteiger partial charge in [-0.2, -0.15) is 0 Å². The van der Waals surface area contributed by atoms with Gasteiger partial charge in [0.1, 0.15) is 0 Å². The van der Waals surface area contributed by atoms with E-state index in [0.717, 1.165) is 12.6 Å². The van der Waals surface area contributed by atoms with Crippen molar-refractivity contribution < 1.29 is 0 Å². The Morgan fingerprint density at radius 1 is 1.10 bits per heavy atom. The maximum absolute atomic E-state index is 3.65. The average molecular weight is 293 g/mol. The first-order valence-electron chi connectivity index (χ1n) is 7.61. The quantitative estimate of drug-likeness (QED) is 0.703. The van der Waals surface area contributed by atoms with Crippen LogP contribution in [0.5, 0.6) is 0 Å². The highest BCUT2D eigenvalue weighted by Gasteiger charge is 2.20. The summed E-state index contributed by atoms with van der Waals surface area (Å²) in [6.07, 6.45) is 2.67. The molecule has 1 aliphatic rings. The lowest BCUT2D eigenvalue weighted by molar-refractivity contribution is 0.688. The molecule has 0 aliphatic heterocycles. The Hall–Kier alpha value is -1.64. The molecule has 0 amide bonds. The molecule has 1 fully saturated rings. The fraction of sp³-hybridized carbons (Fsp3) is 0.263. The van der Waals surface area contributed by atoms with Crippen molar-refractivity contribution in [2.45, 2.75) is 32.4 Å². The van der Waals surface area contributed by atoms with Crippen LogP contribution in [0, 0.1) is 6.92 Å². The zero-order valence-electron chi connectivity index (χ0n) is 12.2. The van der Waals surface area contributed by atoms with Crippen LogP contribution in [-0.2, 0) is 6.54 Å².